The van der Waals surface area contributed by atoms with Gasteiger partial charge in [-0.25, -0.2) is 9.69 Å². The van der Waals surface area contributed by atoms with Gasteiger partial charge in [-0.2, -0.15) is 18.4 Å². The van der Waals surface area contributed by atoms with Crippen LogP contribution in [0, 0.1) is 11.3 Å². The summed E-state index contributed by atoms with van der Waals surface area (Å²) in [6.45, 7) is 0.281. The predicted molar refractivity (Wildman–Crippen MR) is 116 cm³/mol. The molecule has 34 heavy (non-hydrogen) atoms. The van der Waals surface area contributed by atoms with Crippen LogP contribution in [-0.4, -0.2) is 58.1 Å². The van der Waals surface area contributed by atoms with E-state index in [9.17, 15) is 27.6 Å². The minimum Gasteiger partial charge on any atom is -0.334 e. The summed E-state index contributed by atoms with van der Waals surface area (Å²) in [5.74, 6) is -0.642. The monoisotopic (exact) mass is 486 g/mol. The highest BCUT2D eigenvalue weighted by atomic mass is 32.2. The van der Waals surface area contributed by atoms with Gasteiger partial charge in [-0.1, -0.05) is 18.2 Å². The van der Waals surface area contributed by atoms with Gasteiger partial charge >= 0.3 is 12.2 Å². The van der Waals surface area contributed by atoms with Crippen LogP contribution in [0.5, 0.6) is 0 Å². The Morgan fingerprint density at radius 3 is 2.56 bits per heavy atom. The lowest BCUT2D eigenvalue weighted by Crippen LogP contribution is -2.55. The number of rotatable bonds is 4. The zero-order chi connectivity index (χ0) is 24.2. The number of benzene rings is 2. The molecule has 0 saturated carbocycles. The number of imide groups is 1. The molecule has 7 nitrogen and oxygen atoms in total. The molecule has 0 radical (unpaired) electrons. The Hall–Kier alpha value is -3.52. The number of halogens is 3. The molecule has 2 bridgehead atoms. The SMILES string of the molecule is N#Cc1ccc(N2C(=O)[C@@H]3C4C[C@H](CN4C(=O)CSc4ccccc4)N3C2=O)cc1C(F)(F)F. The van der Waals surface area contributed by atoms with Crippen LogP contribution in [0.1, 0.15) is 17.5 Å². The van der Waals surface area contributed by atoms with Gasteiger partial charge in [0.05, 0.1) is 40.7 Å². The topological polar surface area (TPSA) is 84.7 Å². The third kappa shape index (κ3) is 3.49. The van der Waals surface area contributed by atoms with Crippen molar-refractivity contribution in [3.63, 3.8) is 0 Å². The summed E-state index contributed by atoms with van der Waals surface area (Å²) in [7, 11) is 0. The van der Waals surface area contributed by atoms with Crippen molar-refractivity contribution in [3.05, 3.63) is 59.7 Å². The van der Waals surface area contributed by atoms with E-state index < -0.39 is 41.3 Å². The number of hydrogen-bond donors (Lipinski definition) is 0. The van der Waals surface area contributed by atoms with E-state index in [-0.39, 0.29) is 29.9 Å². The summed E-state index contributed by atoms with van der Waals surface area (Å²) in [4.78, 5) is 43.8. The predicted octanol–water partition coefficient (Wildman–Crippen LogP) is 3.49. The number of urea groups is 1. The molecule has 0 N–H and O–H groups in total. The highest BCUT2D eigenvalue weighted by Crippen LogP contribution is 2.43. The van der Waals surface area contributed by atoms with Crippen molar-refractivity contribution in [2.45, 2.75) is 35.6 Å². The molecule has 0 spiro atoms. The van der Waals surface area contributed by atoms with Crippen LogP contribution in [0.25, 0.3) is 0 Å². The molecule has 0 aromatic heterocycles. The molecule has 3 fully saturated rings. The number of piperazine rings is 1. The van der Waals surface area contributed by atoms with Crippen LogP contribution >= 0.6 is 11.8 Å². The van der Waals surface area contributed by atoms with Crippen LogP contribution in [0.3, 0.4) is 0 Å². The summed E-state index contributed by atoms with van der Waals surface area (Å²) in [6, 6.07) is 11.1. The lowest BCUT2D eigenvalue weighted by atomic mass is 10.1. The second kappa shape index (κ2) is 8.06. The minimum absolute atomic E-state index is 0.155. The third-order valence-electron chi connectivity index (χ3n) is 6.38. The molecule has 3 atom stereocenters. The molecule has 2 aromatic rings. The van der Waals surface area contributed by atoms with Crippen molar-refractivity contribution in [2.75, 3.05) is 17.2 Å². The van der Waals surface area contributed by atoms with E-state index >= 15 is 0 Å². The van der Waals surface area contributed by atoms with E-state index in [2.05, 4.69) is 0 Å². The zero-order valence-corrected chi connectivity index (χ0v) is 18.3. The van der Waals surface area contributed by atoms with Gasteiger partial charge in [0, 0.05) is 11.4 Å². The number of alkyl halides is 3. The fourth-order valence-electron chi connectivity index (χ4n) is 4.93. The molecule has 3 saturated heterocycles. The van der Waals surface area contributed by atoms with Crippen LogP contribution in [0.2, 0.25) is 0 Å². The van der Waals surface area contributed by atoms with Gasteiger partial charge in [0.1, 0.15) is 6.04 Å². The summed E-state index contributed by atoms with van der Waals surface area (Å²) < 4.78 is 40.2. The number of amides is 4. The van der Waals surface area contributed by atoms with Crippen LogP contribution in [0.4, 0.5) is 23.7 Å². The van der Waals surface area contributed by atoms with E-state index in [1.54, 1.807) is 4.90 Å². The van der Waals surface area contributed by atoms with Gasteiger partial charge < -0.3 is 9.80 Å². The van der Waals surface area contributed by atoms with Crippen molar-refractivity contribution in [3.8, 4) is 6.07 Å². The van der Waals surface area contributed by atoms with Gasteiger partial charge in [0.15, 0.2) is 0 Å². The molecular weight excluding hydrogens is 469 g/mol. The van der Waals surface area contributed by atoms with Crippen LogP contribution < -0.4 is 4.90 Å². The highest BCUT2D eigenvalue weighted by molar-refractivity contribution is 8.00. The maximum absolute atomic E-state index is 13.4. The number of nitrogens with zero attached hydrogens (tertiary/aromatic N) is 4. The molecule has 1 unspecified atom stereocenters. The van der Waals surface area contributed by atoms with Crippen molar-refractivity contribution in [1.29, 1.82) is 5.26 Å². The van der Waals surface area contributed by atoms with Crippen molar-refractivity contribution in [2.24, 2.45) is 0 Å². The first kappa shape index (κ1) is 22.3. The Kier molecular flexibility index (Phi) is 5.28. The van der Waals surface area contributed by atoms with E-state index in [1.807, 2.05) is 30.3 Å². The second-order valence-corrected chi connectivity index (χ2v) is 9.30. The van der Waals surface area contributed by atoms with Crippen molar-refractivity contribution < 1.29 is 27.6 Å². The zero-order valence-electron chi connectivity index (χ0n) is 17.5. The fraction of sp³-hybridized carbons (Fsp3) is 0.304. The standard InChI is InChI=1S/C23H17F3N4O3S/c24-23(25,26)17-8-14(7-6-13(17)10-27)30-21(32)20-18-9-15(29(20)22(30)33)11-28(18)19(31)12-34-16-4-2-1-3-5-16/h1-8,15,18,20H,9,11-12H2/t15-,18?,20+/m1/s1. The Labute approximate surface area is 196 Å². The lowest BCUT2D eigenvalue weighted by molar-refractivity contribution is -0.138. The first-order valence-electron chi connectivity index (χ1n) is 10.5. The van der Waals surface area contributed by atoms with Gasteiger partial charge in [0.2, 0.25) is 5.91 Å². The normalized spacial score (nSPS) is 23.5. The van der Waals surface area contributed by atoms with E-state index in [1.165, 1.54) is 22.7 Å². The molecule has 2 aromatic carbocycles. The molecule has 11 heteroatoms. The largest absolute Gasteiger partial charge is 0.417 e. The molecule has 174 valence electrons. The summed E-state index contributed by atoms with van der Waals surface area (Å²) in [5.41, 5.74) is -2.05. The van der Waals surface area contributed by atoms with Crippen LogP contribution in [0.15, 0.2) is 53.4 Å². The number of nitriles is 1. The first-order valence-corrected chi connectivity index (χ1v) is 11.4. The number of carbonyl (C=O) groups is 3. The Morgan fingerprint density at radius 1 is 1.15 bits per heavy atom. The fourth-order valence-corrected chi connectivity index (χ4v) is 5.74. The maximum atomic E-state index is 13.4. The Balaban J connectivity index is 1.37. The molecular formula is C23H17F3N4O3S. The Bertz CT molecular complexity index is 1230. The molecule has 4 amide bonds. The number of likely N-dealkylation sites (tertiary alicyclic amines) is 1. The number of thioether (sulfide) groups is 1. The third-order valence-corrected chi connectivity index (χ3v) is 7.37. The maximum Gasteiger partial charge on any atom is 0.417 e. The molecule has 3 aliphatic rings. The second-order valence-electron chi connectivity index (χ2n) is 8.25. The quantitative estimate of drug-likeness (QED) is 0.488. The van der Waals surface area contributed by atoms with E-state index in [0.29, 0.717) is 12.5 Å². The van der Waals surface area contributed by atoms with Gasteiger partial charge in [0.25, 0.3) is 5.91 Å². The van der Waals surface area contributed by atoms with Gasteiger partial charge in [-0.15, -0.1) is 11.8 Å². The lowest BCUT2D eigenvalue weighted by Gasteiger charge is -2.34. The van der Waals surface area contributed by atoms with Crippen molar-refractivity contribution >= 4 is 35.3 Å². The molecule has 5 rings (SSSR count). The highest BCUT2D eigenvalue weighted by Gasteiger charge is 2.62. The average Bonchev–Trinajstić information content (AvgIpc) is 3.48. The summed E-state index contributed by atoms with van der Waals surface area (Å²) in [6.07, 6.45) is -4.36. The smallest absolute Gasteiger partial charge is 0.334 e. The van der Waals surface area contributed by atoms with Crippen LogP contribution in [-0.2, 0) is 15.8 Å². The molecule has 3 aliphatic heterocycles. The van der Waals surface area contributed by atoms with Gasteiger partial charge in [-0.05, 0) is 36.8 Å². The van der Waals surface area contributed by atoms with E-state index in [4.69, 9.17) is 5.26 Å². The number of fused-ring (bicyclic) bond motifs is 5. The minimum atomic E-state index is -4.82. The van der Waals surface area contributed by atoms with Gasteiger partial charge in [-0.3, -0.25) is 9.59 Å². The van der Waals surface area contributed by atoms with Crippen molar-refractivity contribution in [1.82, 2.24) is 9.80 Å². The molecule has 3 heterocycles. The number of carbonyl (C=O) groups excluding carboxylic acids is 3. The average molecular weight is 486 g/mol. The summed E-state index contributed by atoms with van der Waals surface area (Å²) in [5, 5.41) is 9.00. The first-order chi connectivity index (χ1) is 16.2. The number of anilines is 1. The molecule has 0 aliphatic carbocycles. The van der Waals surface area contributed by atoms with E-state index in [0.717, 1.165) is 21.9 Å². The number of hydrogen-bond acceptors (Lipinski definition) is 5. The Morgan fingerprint density at radius 2 is 1.88 bits per heavy atom. The summed E-state index contributed by atoms with van der Waals surface area (Å²) >= 11 is 1.37.